The molecule has 0 aromatic heterocycles. The summed E-state index contributed by atoms with van der Waals surface area (Å²) in [6, 6.07) is 0. The number of nitrogens with zero attached hydrogens (tertiary/aromatic N) is 1. The molecule has 80 valence electrons. The molecule has 15 heavy (non-hydrogen) atoms. The fraction of sp³-hybridized carbons (Fsp3) is 0.400. The Morgan fingerprint density at radius 3 is 2.73 bits per heavy atom. The SMILES string of the molecule is CO/N=C1/C=CC(=O)C2(C=C1)OCCO2. The van der Waals surface area contributed by atoms with Crippen LogP contribution in [0.2, 0.25) is 0 Å². The Balaban J connectivity index is 2.30. The van der Waals surface area contributed by atoms with Crippen LogP contribution in [0.3, 0.4) is 0 Å². The van der Waals surface area contributed by atoms with Crippen LogP contribution in [-0.2, 0) is 19.1 Å². The number of hydrogen-bond donors (Lipinski definition) is 0. The van der Waals surface area contributed by atoms with Gasteiger partial charge in [-0.2, -0.15) is 0 Å². The molecule has 1 saturated heterocycles. The maximum atomic E-state index is 11.7. The summed E-state index contributed by atoms with van der Waals surface area (Å²) in [6.45, 7) is 0.835. The lowest BCUT2D eigenvalue weighted by atomic mass is 10.1. The van der Waals surface area contributed by atoms with Gasteiger partial charge >= 0.3 is 0 Å². The fourth-order valence-corrected chi connectivity index (χ4v) is 1.44. The molecule has 1 heterocycles. The van der Waals surface area contributed by atoms with Gasteiger partial charge in [-0.1, -0.05) is 5.16 Å². The van der Waals surface area contributed by atoms with E-state index >= 15 is 0 Å². The lowest BCUT2D eigenvalue weighted by molar-refractivity contribution is -0.158. The summed E-state index contributed by atoms with van der Waals surface area (Å²) in [5.41, 5.74) is 0.543. The van der Waals surface area contributed by atoms with Crippen molar-refractivity contribution < 1.29 is 19.1 Å². The second-order valence-electron chi connectivity index (χ2n) is 3.09. The fourth-order valence-electron chi connectivity index (χ4n) is 1.44. The molecule has 2 aliphatic rings. The molecule has 0 aromatic rings. The van der Waals surface area contributed by atoms with Gasteiger partial charge in [-0.05, 0) is 24.3 Å². The van der Waals surface area contributed by atoms with Gasteiger partial charge in [0.1, 0.15) is 12.8 Å². The van der Waals surface area contributed by atoms with Crippen LogP contribution in [0.15, 0.2) is 29.5 Å². The number of allylic oxidation sites excluding steroid dienone is 2. The van der Waals surface area contributed by atoms with Crippen molar-refractivity contribution in [1.29, 1.82) is 0 Å². The second-order valence-corrected chi connectivity index (χ2v) is 3.09. The van der Waals surface area contributed by atoms with E-state index < -0.39 is 5.79 Å². The Bertz CT molecular complexity index is 350. The number of carbonyl (C=O) groups is 1. The van der Waals surface area contributed by atoms with Crippen molar-refractivity contribution in [2.45, 2.75) is 5.79 Å². The van der Waals surface area contributed by atoms with Gasteiger partial charge in [0.2, 0.25) is 5.78 Å². The zero-order chi connectivity index (χ0) is 10.7. The molecule has 5 heteroatoms. The third-order valence-corrected chi connectivity index (χ3v) is 2.14. The van der Waals surface area contributed by atoms with E-state index in [4.69, 9.17) is 9.47 Å². The Kier molecular flexibility index (Phi) is 2.66. The van der Waals surface area contributed by atoms with Crippen LogP contribution in [0.25, 0.3) is 0 Å². The van der Waals surface area contributed by atoms with Crippen LogP contribution in [0.4, 0.5) is 0 Å². The minimum Gasteiger partial charge on any atom is -0.399 e. The molecule has 0 saturated carbocycles. The summed E-state index contributed by atoms with van der Waals surface area (Å²) in [5, 5.41) is 3.71. The molecule has 0 amide bonds. The Labute approximate surface area is 87.0 Å². The van der Waals surface area contributed by atoms with Crippen molar-refractivity contribution in [1.82, 2.24) is 0 Å². The highest BCUT2D eigenvalue weighted by molar-refractivity contribution is 6.11. The van der Waals surface area contributed by atoms with Gasteiger partial charge in [0.25, 0.3) is 5.79 Å². The highest BCUT2D eigenvalue weighted by atomic mass is 16.7. The summed E-state index contributed by atoms with van der Waals surface area (Å²) in [7, 11) is 1.44. The van der Waals surface area contributed by atoms with Gasteiger partial charge in [0.05, 0.1) is 13.2 Å². The van der Waals surface area contributed by atoms with Gasteiger partial charge in [-0.15, -0.1) is 0 Å². The van der Waals surface area contributed by atoms with Crippen molar-refractivity contribution in [2.24, 2.45) is 5.16 Å². The van der Waals surface area contributed by atoms with E-state index in [9.17, 15) is 4.79 Å². The van der Waals surface area contributed by atoms with Crippen molar-refractivity contribution >= 4 is 11.5 Å². The molecule has 0 atom stereocenters. The minimum atomic E-state index is -1.25. The molecule has 1 aliphatic heterocycles. The summed E-state index contributed by atoms with van der Waals surface area (Å²) in [5.74, 6) is -1.49. The maximum absolute atomic E-state index is 11.7. The van der Waals surface area contributed by atoms with E-state index in [-0.39, 0.29) is 5.78 Å². The van der Waals surface area contributed by atoms with Gasteiger partial charge in [0.15, 0.2) is 0 Å². The van der Waals surface area contributed by atoms with Crippen LogP contribution in [-0.4, -0.2) is 37.6 Å². The molecule has 0 N–H and O–H groups in total. The third-order valence-electron chi connectivity index (χ3n) is 2.14. The average molecular weight is 209 g/mol. The van der Waals surface area contributed by atoms with E-state index in [0.29, 0.717) is 18.9 Å². The van der Waals surface area contributed by atoms with Crippen LogP contribution in [0, 0.1) is 0 Å². The molecule has 2 rings (SSSR count). The smallest absolute Gasteiger partial charge is 0.254 e. The first-order chi connectivity index (χ1) is 7.27. The Morgan fingerprint density at radius 1 is 1.33 bits per heavy atom. The number of rotatable bonds is 1. The molecule has 5 nitrogen and oxygen atoms in total. The van der Waals surface area contributed by atoms with E-state index in [0.717, 1.165) is 0 Å². The summed E-state index contributed by atoms with van der Waals surface area (Å²) < 4.78 is 10.6. The maximum Gasteiger partial charge on any atom is 0.254 e. The van der Waals surface area contributed by atoms with Crippen molar-refractivity contribution in [3.8, 4) is 0 Å². The average Bonchev–Trinajstić information content (AvgIpc) is 2.65. The van der Waals surface area contributed by atoms with Crippen LogP contribution >= 0.6 is 0 Å². The summed E-state index contributed by atoms with van der Waals surface area (Å²) in [4.78, 5) is 16.3. The van der Waals surface area contributed by atoms with E-state index in [1.165, 1.54) is 13.2 Å². The quantitative estimate of drug-likeness (QED) is 0.587. The third kappa shape index (κ3) is 1.84. The number of hydrogen-bond acceptors (Lipinski definition) is 5. The molecule has 1 spiro atoms. The number of ketones is 1. The monoisotopic (exact) mass is 209 g/mol. The number of carbonyl (C=O) groups excluding carboxylic acids is 1. The van der Waals surface area contributed by atoms with Gasteiger partial charge in [0, 0.05) is 0 Å². The molecule has 1 aliphatic carbocycles. The van der Waals surface area contributed by atoms with Gasteiger partial charge < -0.3 is 14.3 Å². The lowest BCUT2D eigenvalue weighted by Gasteiger charge is -2.18. The standard InChI is InChI=1S/C10H11NO4/c1-13-11-8-2-3-9(12)10(5-4-8)14-6-7-15-10/h2-5H,6-7H2,1H3/b11-8-. The predicted octanol–water partition coefficient (Wildman–Crippen LogP) is 0.427. The molecular weight excluding hydrogens is 198 g/mol. The number of ether oxygens (including phenoxy) is 2. The molecule has 0 unspecified atom stereocenters. The zero-order valence-electron chi connectivity index (χ0n) is 8.30. The van der Waals surface area contributed by atoms with Crippen LogP contribution in [0.5, 0.6) is 0 Å². The molecular formula is C10H11NO4. The highest BCUT2D eigenvalue weighted by Gasteiger charge is 2.41. The van der Waals surface area contributed by atoms with Crippen molar-refractivity contribution in [3.05, 3.63) is 24.3 Å². The number of oxime groups is 1. The first-order valence-electron chi connectivity index (χ1n) is 4.58. The summed E-state index contributed by atoms with van der Waals surface area (Å²) in [6.07, 6.45) is 6.13. The normalized spacial score (nSPS) is 26.2. The minimum absolute atomic E-state index is 0.238. The topological polar surface area (TPSA) is 57.1 Å². The predicted molar refractivity (Wildman–Crippen MR) is 52.4 cm³/mol. The van der Waals surface area contributed by atoms with E-state index in [2.05, 4.69) is 9.99 Å². The molecule has 0 radical (unpaired) electrons. The molecule has 0 aromatic carbocycles. The Morgan fingerprint density at radius 2 is 2.07 bits per heavy atom. The van der Waals surface area contributed by atoms with Crippen LogP contribution in [0.1, 0.15) is 0 Å². The zero-order valence-corrected chi connectivity index (χ0v) is 8.30. The van der Waals surface area contributed by atoms with Crippen molar-refractivity contribution in [2.75, 3.05) is 20.3 Å². The summed E-state index contributed by atoms with van der Waals surface area (Å²) >= 11 is 0. The van der Waals surface area contributed by atoms with E-state index in [1.807, 2.05) is 0 Å². The van der Waals surface area contributed by atoms with Crippen molar-refractivity contribution in [3.63, 3.8) is 0 Å². The largest absolute Gasteiger partial charge is 0.399 e. The molecule has 0 bridgehead atoms. The highest BCUT2D eigenvalue weighted by Crippen LogP contribution is 2.24. The van der Waals surface area contributed by atoms with Crippen LogP contribution < -0.4 is 0 Å². The van der Waals surface area contributed by atoms with Gasteiger partial charge in [-0.25, -0.2) is 0 Å². The molecule has 1 fully saturated rings. The first-order valence-corrected chi connectivity index (χ1v) is 4.58. The Hall–Kier alpha value is -1.46. The lowest BCUT2D eigenvalue weighted by Crippen LogP contribution is -2.36. The second kappa shape index (κ2) is 3.96. The van der Waals surface area contributed by atoms with E-state index in [1.54, 1.807) is 18.2 Å². The first kappa shape index (κ1) is 10.1. The van der Waals surface area contributed by atoms with Gasteiger partial charge in [-0.3, -0.25) is 4.79 Å².